The standard InChI is InChI=1S/C23H17N/c1-2-9-19-15(7-1)17-8-3-4-13-21(17)24-22-14-6-11-18(22)16-10-5-12-20(16)23(19)24/h1-5,7-9,11-14,23H,6,10H2. The number of benzene rings is 2. The van der Waals surface area contributed by atoms with E-state index in [1.807, 2.05) is 0 Å². The molecule has 2 aliphatic heterocycles. The monoisotopic (exact) mass is 307 g/mol. The number of nitrogens with zero attached hydrogens (tertiary/aromatic N) is 1. The molecule has 2 heterocycles. The van der Waals surface area contributed by atoms with Crippen molar-refractivity contribution in [3.8, 4) is 11.1 Å². The third-order valence-electron chi connectivity index (χ3n) is 5.72. The highest BCUT2D eigenvalue weighted by Crippen LogP contribution is 2.56. The van der Waals surface area contributed by atoms with Crippen LogP contribution in [-0.2, 0) is 0 Å². The van der Waals surface area contributed by atoms with Crippen LogP contribution in [0.1, 0.15) is 24.4 Å². The van der Waals surface area contributed by atoms with Gasteiger partial charge in [-0.3, -0.25) is 0 Å². The van der Waals surface area contributed by atoms with E-state index in [0.29, 0.717) is 6.04 Å². The minimum absolute atomic E-state index is 0.311. The predicted octanol–water partition coefficient (Wildman–Crippen LogP) is 5.70. The Morgan fingerprint density at radius 1 is 0.875 bits per heavy atom. The quantitative estimate of drug-likeness (QED) is 0.603. The molecule has 0 N–H and O–H groups in total. The van der Waals surface area contributed by atoms with Crippen LogP contribution in [0.15, 0.2) is 95.3 Å². The topological polar surface area (TPSA) is 3.24 Å². The first-order valence-corrected chi connectivity index (χ1v) is 8.72. The van der Waals surface area contributed by atoms with Gasteiger partial charge in [0, 0.05) is 16.9 Å². The largest absolute Gasteiger partial charge is 0.329 e. The van der Waals surface area contributed by atoms with E-state index in [1.165, 1.54) is 44.8 Å². The molecule has 24 heavy (non-hydrogen) atoms. The molecule has 2 aromatic carbocycles. The first-order chi connectivity index (χ1) is 11.9. The second-order valence-corrected chi connectivity index (χ2v) is 6.86. The lowest BCUT2D eigenvalue weighted by Crippen LogP contribution is -2.36. The zero-order valence-corrected chi connectivity index (χ0v) is 13.4. The molecular weight excluding hydrogens is 290 g/mol. The number of para-hydroxylation sites is 1. The summed E-state index contributed by atoms with van der Waals surface area (Å²) in [5, 5.41) is 0. The zero-order chi connectivity index (χ0) is 15.7. The number of rotatable bonds is 0. The molecule has 2 aliphatic carbocycles. The Labute approximate surface area is 141 Å². The maximum absolute atomic E-state index is 2.57. The Morgan fingerprint density at radius 3 is 2.67 bits per heavy atom. The average Bonchev–Trinajstić information content (AvgIpc) is 3.30. The first kappa shape index (κ1) is 12.6. The van der Waals surface area contributed by atoms with Crippen molar-refractivity contribution in [3.05, 3.63) is 101 Å². The summed E-state index contributed by atoms with van der Waals surface area (Å²) in [6, 6.07) is 18.1. The highest BCUT2D eigenvalue weighted by atomic mass is 15.2. The van der Waals surface area contributed by atoms with E-state index < -0.39 is 0 Å². The van der Waals surface area contributed by atoms with Gasteiger partial charge in [-0.05, 0) is 46.8 Å². The fraction of sp³-hybridized carbons (Fsp3) is 0.130. The van der Waals surface area contributed by atoms with Gasteiger partial charge in [-0.1, -0.05) is 66.8 Å². The van der Waals surface area contributed by atoms with E-state index in [2.05, 4.69) is 77.7 Å². The summed E-state index contributed by atoms with van der Waals surface area (Å²) < 4.78 is 0. The molecule has 0 amide bonds. The molecule has 1 atom stereocenters. The van der Waals surface area contributed by atoms with Gasteiger partial charge in [-0.15, -0.1) is 0 Å². The molecule has 2 aromatic rings. The fourth-order valence-corrected chi connectivity index (χ4v) is 4.80. The maximum atomic E-state index is 2.57. The first-order valence-electron chi connectivity index (χ1n) is 8.72. The van der Waals surface area contributed by atoms with Gasteiger partial charge in [-0.2, -0.15) is 0 Å². The summed E-state index contributed by atoms with van der Waals surface area (Å²) in [6.07, 6.45) is 11.6. The summed E-state index contributed by atoms with van der Waals surface area (Å²) in [4.78, 5) is 2.57. The Kier molecular flexibility index (Phi) is 2.30. The summed E-state index contributed by atoms with van der Waals surface area (Å²) >= 11 is 0. The van der Waals surface area contributed by atoms with E-state index in [0.717, 1.165) is 12.8 Å². The van der Waals surface area contributed by atoms with E-state index in [4.69, 9.17) is 0 Å². The van der Waals surface area contributed by atoms with Gasteiger partial charge >= 0.3 is 0 Å². The van der Waals surface area contributed by atoms with Crippen LogP contribution in [0.4, 0.5) is 5.69 Å². The van der Waals surface area contributed by atoms with Gasteiger partial charge in [0.25, 0.3) is 0 Å². The fourth-order valence-electron chi connectivity index (χ4n) is 4.80. The molecule has 4 aliphatic rings. The van der Waals surface area contributed by atoms with Crippen molar-refractivity contribution in [2.75, 3.05) is 4.90 Å². The molecule has 6 rings (SSSR count). The SMILES string of the molecule is C1=CC2=C(C1)C1=CCC=C1N1c3ccccc3-c3ccccc3C21. The van der Waals surface area contributed by atoms with Gasteiger partial charge in [0.15, 0.2) is 0 Å². The van der Waals surface area contributed by atoms with Crippen molar-refractivity contribution >= 4 is 5.69 Å². The number of allylic oxidation sites excluding steroid dienone is 4. The van der Waals surface area contributed by atoms with Gasteiger partial charge < -0.3 is 4.90 Å². The van der Waals surface area contributed by atoms with Crippen molar-refractivity contribution < 1.29 is 0 Å². The van der Waals surface area contributed by atoms with E-state index in [9.17, 15) is 0 Å². The van der Waals surface area contributed by atoms with Crippen molar-refractivity contribution in [2.45, 2.75) is 18.9 Å². The highest BCUT2D eigenvalue weighted by molar-refractivity contribution is 5.90. The summed E-state index contributed by atoms with van der Waals surface area (Å²) in [7, 11) is 0. The van der Waals surface area contributed by atoms with E-state index in [-0.39, 0.29) is 0 Å². The molecule has 0 bridgehead atoms. The smallest absolute Gasteiger partial charge is 0.0854 e. The predicted molar refractivity (Wildman–Crippen MR) is 98.7 cm³/mol. The Bertz CT molecular complexity index is 1020. The van der Waals surface area contributed by atoms with E-state index >= 15 is 0 Å². The van der Waals surface area contributed by atoms with Crippen LogP contribution in [-0.4, -0.2) is 0 Å². The lowest BCUT2D eigenvalue weighted by atomic mass is 9.79. The third kappa shape index (κ3) is 1.41. The Morgan fingerprint density at radius 2 is 1.71 bits per heavy atom. The van der Waals surface area contributed by atoms with Crippen molar-refractivity contribution in [2.24, 2.45) is 0 Å². The van der Waals surface area contributed by atoms with Crippen molar-refractivity contribution in [1.82, 2.24) is 0 Å². The van der Waals surface area contributed by atoms with Crippen LogP contribution >= 0.6 is 0 Å². The van der Waals surface area contributed by atoms with Crippen LogP contribution in [0.2, 0.25) is 0 Å². The summed E-state index contributed by atoms with van der Waals surface area (Å²) in [6.45, 7) is 0. The summed E-state index contributed by atoms with van der Waals surface area (Å²) in [5.74, 6) is 0. The molecule has 0 fully saturated rings. The molecule has 1 nitrogen and oxygen atoms in total. The lowest BCUT2D eigenvalue weighted by Gasteiger charge is -2.45. The lowest BCUT2D eigenvalue weighted by molar-refractivity contribution is 0.753. The van der Waals surface area contributed by atoms with Crippen molar-refractivity contribution in [3.63, 3.8) is 0 Å². The molecule has 114 valence electrons. The van der Waals surface area contributed by atoms with Crippen LogP contribution in [0.3, 0.4) is 0 Å². The molecule has 0 spiro atoms. The van der Waals surface area contributed by atoms with Gasteiger partial charge in [-0.25, -0.2) is 0 Å². The molecule has 0 saturated heterocycles. The second-order valence-electron chi connectivity index (χ2n) is 6.86. The molecule has 1 heteroatoms. The third-order valence-corrected chi connectivity index (χ3v) is 5.72. The number of fused-ring (bicyclic) bond motifs is 10. The van der Waals surface area contributed by atoms with Crippen LogP contribution < -0.4 is 4.90 Å². The molecule has 0 saturated carbocycles. The van der Waals surface area contributed by atoms with Crippen LogP contribution in [0.5, 0.6) is 0 Å². The molecular formula is C23H17N. The van der Waals surface area contributed by atoms with Gasteiger partial charge in [0.05, 0.1) is 6.04 Å². The normalized spacial score (nSPS) is 22.3. The maximum Gasteiger partial charge on any atom is 0.0854 e. The average molecular weight is 307 g/mol. The van der Waals surface area contributed by atoms with Gasteiger partial charge in [0.1, 0.15) is 0 Å². The zero-order valence-electron chi connectivity index (χ0n) is 13.4. The van der Waals surface area contributed by atoms with Crippen LogP contribution in [0, 0.1) is 0 Å². The number of hydrogen-bond donors (Lipinski definition) is 0. The van der Waals surface area contributed by atoms with Crippen LogP contribution in [0.25, 0.3) is 11.1 Å². The highest BCUT2D eigenvalue weighted by Gasteiger charge is 2.41. The second kappa shape index (κ2) is 4.39. The number of anilines is 1. The minimum atomic E-state index is 0.311. The molecule has 0 aromatic heterocycles. The van der Waals surface area contributed by atoms with E-state index in [1.54, 1.807) is 0 Å². The Balaban J connectivity index is 1.74. The summed E-state index contributed by atoms with van der Waals surface area (Å²) in [5.41, 5.74) is 11.4. The molecule has 0 radical (unpaired) electrons. The minimum Gasteiger partial charge on any atom is -0.329 e. The van der Waals surface area contributed by atoms with Gasteiger partial charge in [0.2, 0.25) is 0 Å². The van der Waals surface area contributed by atoms with Crippen molar-refractivity contribution in [1.29, 1.82) is 0 Å². The number of hydrogen-bond acceptors (Lipinski definition) is 1. The Hall–Kier alpha value is -2.80. The molecule has 1 unspecified atom stereocenters.